The molecule has 4 heteroatoms. The number of hydrogen-bond donors (Lipinski definition) is 1. The second-order valence-corrected chi connectivity index (χ2v) is 4.88. The van der Waals surface area contributed by atoms with Gasteiger partial charge in [0.2, 0.25) is 0 Å². The zero-order chi connectivity index (χ0) is 14.3. The zero-order valence-electron chi connectivity index (χ0n) is 11.8. The van der Waals surface area contributed by atoms with Gasteiger partial charge < -0.3 is 10.1 Å². The van der Waals surface area contributed by atoms with E-state index in [1.165, 1.54) is 12.8 Å². The summed E-state index contributed by atoms with van der Waals surface area (Å²) in [5.41, 5.74) is 0.960. The van der Waals surface area contributed by atoms with Gasteiger partial charge in [-0.15, -0.1) is 0 Å². The lowest BCUT2D eigenvalue weighted by molar-refractivity contribution is -0.0499. The monoisotopic (exact) mass is 271 g/mol. The highest BCUT2D eigenvalue weighted by atomic mass is 19.3. The maximum absolute atomic E-state index is 12.2. The van der Waals surface area contributed by atoms with E-state index in [0.29, 0.717) is 6.04 Å². The first-order chi connectivity index (χ1) is 9.02. The molecule has 1 rings (SSSR count). The van der Waals surface area contributed by atoms with Crippen molar-refractivity contribution in [1.82, 2.24) is 5.32 Å². The third-order valence-electron chi connectivity index (χ3n) is 3.11. The molecule has 0 saturated carbocycles. The molecule has 0 aliphatic rings. The van der Waals surface area contributed by atoms with Gasteiger partial charge in [0.05, 0.1) is 0 Å². The molecule has 0 aliphatic heterocycles. The largest absolute Gasteiger partial charge is 0.435 e. The van der Waals surface area contributed by atoms with Crippen molar-refractivity contribution in [1.29, 1.82) is 0 Å². The van der Waals surface area contributed by atoms with Crippen molar-refractivity contribution in [3.8, 4) is 5.75 Å². The predicted octanol–water partition coefficient (Wildman–Crippen LogP) is 4.52. The van der Waals surface area contributed by atoms with Gasteiger partial charge in [-0.25, -0.2) is 0 Å². The molecule has 0 amide bonds. The summed E-state index contributed by atoms with van der Waals surface area (Å²) in [7, 11) is 0. The smallest absolute Gasteiger partial charge is 0.387 e. The molecule has 2 nitrogen and oxygen atoms in total. The van der Waals surface area contributed by atoms with Gasteiger partial charge in [0, 0.05) is 12.1 Å². The lowest BCUT2D eigenvalue weighted by Gasteiger charge is -2.20. The van der Waals surface area contributed by atoms with Crippen molar-refractivity contribution in [2.75, 3.05) is 0 Å². The SMILES string of the molecule is CCCCC(C)NC(C)c1cccc(OC(F)F)c1. The second-order valence-electron chi connectivity index (χ2n) is 4.88. The molecule has 2 atom stereocenters. The molecule has 1 N–H and O–H groups in total. The molecule has 0 radical (unpaired) electrons. The number of halogens is 2. The molecular weight excluding hydrogens is 248 g/mol. The van der Waals surface area contributed by atoms with Crippen molar-refractivity contribution in [2.45, 2.75) is 58.7 Å². The molecule has 2 unspecified atom stereocenters. The summed E-state index contributed by atoms with van der Waals surface area (Å²) >= 11 is 0. The Morgan fingerprint density at radius 2 is 2.00 bits per heavy atom. The lowest BCUT2D eigenvalue weighted by Crippen LogP contribution is -2.28. The van der Waals surface area contributed by atoms with E-state index in [1.54, 1.807) is 18.2 Å². The number of benzene rings is 1. The minimum absolute atomic E-state index is 0.119. The normalized spacial score (nSPS) is 14.4. The predicted molar refractivity (Wildman–Crippen MR) is 73.6 cm³/mol. The van der Waals surface area contributed by atoms with Crippen LogP contribution in [0.2, 0.25) is 0 Å². The standard InChI is InChI=1S/C15H23F2NO/c1-4-5-7-11(2)18-12(3)13-8-6-9-14(10-13)19-15(16)17/h6,8-12,15,18H,4-5,7H2,1-3H3. The number of nitrogens with one attached hydrogen (secondary N) is 1. The quantitative estimate of drug-likeness (QED) is 0.750. The number of rotatable bonds is 8. The fourth-order valence-corrected chi connectivity index (χ4v) is 2.08. The van der Waals surface area contributed by atoms with Crippen molar-refractivity contribution in [3.05, 3.63) is 29.8 Å². The van der Waals surface area contributed by atoms with Crippen LogP contribution in [0.3, 0.4) is 0 Å². The molecule has 0 fully saturated rings. The van der Waals surface area contributed by atoms with Crippen LogP contribution >= 0.6 is 0 Å². The van der Waals surface area contributed by atoms with Crippen LogP contribution in [-0.4, -0.2) is 12.7 Å². The van der Waals surface area contributed by atoms with E-state index in [4.69, 9.17) is 0 Å². The summed E-state index contributed by atoms with van der Waals surface area (Å²) in [6, 6.07) is 7.40. The highest BCUT2D eigenvalue weighted by Gasteiger charge is 2.11. The molecule has 0 aromatic heterocycles. The first-order valence-corrected chi connectivity index (χ1v) is 6.83. The zero-order valence-corrected chi connectivity index (χ0v) is 11.8. The summed E-state index contributed by atoms with van der Waals surface area (Å²) in [4.78, 5) is 0. The Bertz CT molecular complexity index is 371. The van der Waals surface area contributed by atoms with Crippen LogP contribution in [0.5, 0.6) is 5.75 Å². The summed E-state index contributed by atoms with van der Waals surface area (Å²) in [5, 5.41) is 3.47. The van der Waals surface area contributed by atoms with Gasteiger partial charge in [-0.3, -0.25) is 0 Å². The van der Waals surface area contributed by atoms with Gasteiger partial charge in [-0.1, -0.05) is 31.9 Å². The molecule has 1 aromatic carbocycles. The number of alkyl halides is 2. The van der Waals surface area contributed by atoms with Gasteiger partial charge in [0.15, 0.2) is 0 Å². The third-order valence-corrected chi connectivity index (χ3v) is 3.11. The Kier molecular flexibility index (Phi) is 6.78. The van der Waals surface area contributed by atoms with Crippen molar-refractivity contribution in [3.63, 3.8) is 0 Å². The van der Waals surface area contributed by atoms with E-state index < -0.39 is 6.61 Å². The van der Waals surface area contributed by atoms with Crippen molar-refractivity contribution in [2.24, 2.45) is 0 Å². The Balaban J connectivity index is 2.58. The van der Waals surface area contributed by atoms with Gasteiger partial charge >= 0.3 is 6.61 Å². The molecule has 1 aromatic rings. The van der Waals surface area contributed by atoms with Crippen LogP contribution in [0.4, 0.5) is 8.78 Å². The summed E-state index contributed by atoms with van der Waals surface area (Å²) < 4.78 is 28.7. The Labute approximate surface area is 114 Å². The summed E-state index contributed by atoms with van der Waals surface area (Å²) in [6.45, 7) is 3.57. The van der Waals surface area contributed by atoms with E-state index in [0.717, 1.165) is 12.0 Å². The maximum Gasteiger partial charge on any atom is 0.387 e. The molecule has 19 heavy (non-hydrogen) atoms. The fraction of sp³-hybridized carbons (Fsp3) is 0.600. The Hall–Kier alpha value is -1.16. The topological polar surface area (TPSA) is 21.3 Å². The van der Waals surface area contributed by atoms with E-state index >= 15 is 0 Å². The second kappa shape index (κ2) is 8.10. The van der Waals surface area contributed by atoms with E-state index in [9.17, 15) is 8.78 Å². The number of ether oxygens (including phenoxy) is 1. The first kappa shape index (κ1) is 15.9. The van der Waals surface area contributed by atoms with Gasteiger partial charge in [0.1, 0.15) is 5.75 Å². The molecule has 108 valence electrons. The molecular formula is C15H23F2NO. The van der Waals surface area contributed by atoms with Crippen LogP contribution in [0.1, 0.15) is 51.6 Å². The van der Waals surface area contributed by atoms with E-state index in [2.05, 4.69) is 23.9 Å². The molecule has 0 aliphatic carbocycles. The maximum atomic E-state index is 12.2. The third kappa shape index (κ3) is 6.01. The fourth-order valence-electron chi connectivity index (χ4n) is 2.08. The van der Waals surface area contributed by atoms with Gasteiger partial charge in [0.25, 0.3) is 0 Å². The van der Waals surface area contributed by atoms with Crippen LogP contribution < -0.4 is 10.1 Å². The number of hydrogen-bond acceptors (Lipinski definition) is 2. The molecule has 0 saturated heterocycles. The van der Waals surface area contributed by atoms with Crippen LogP contribution in [0.15, 0.2) is 24.3 Å². The average molecular weight is 271 g/mol. The minimum Gasteiger partial charge on any atom is -0.435 e. The first-order valence-electron chi connectivity index (χ1n) is 6.83. The molecule has 0 heterocycles. The highest BCUT2D eigenvalue weighted by molar-refractivity contribution is 5.30. The minimum atomic E-state index is -2.78. The summed E-state index contributed by atoms with van der Waals surface area (Å²) in [6.07, 6.45) is 3.49. The van der Waals surface area contributed by atoms with E-state index in [1.807, 2.05) is 13.0 Å². The highest BCUT2D eigenvalue weighted by Crippen LogP contribution is 2.21. The average Bonchev–Trinajstić information content (AvgIpc) is 2.35. The van der Waals surface area contributed by atoms with Crippen LogP contribution in [0.25, 0.3) is 0 Å². The van der Waals surface area contributed by atoms with Crippen molar-refractivity contribution < 1.29 is 13.5 Å². The van der Waals surface area contributed by atoms with Gasteiger partial charge in [-0.2, -0.15) is 8.78 Å². The summed E-state index contributed by atoms with van der Waals surface area (Å²) in [5.74, 6) is 0.211. The van der Waals surface area contributed by atoms with Crippen LogP contribution in [-0.2, 0) is 0 Å². The van der Waals surface area contributed by atoms with E-state index in [-0.39, 0.29) is 11.8 Å². The number of unbranched alkanes of at least 4 members (excludes halogenated alkanes) is 1. The Morgan fingerprint density at radius 1 is 1.26 bits per heavy atom. The van der Waals surface area contributed by atoms with Crippen molar-refractivity contribution >= 4 is 0 Å². The lowest BCUT2D eigenvalue weighted by atomic mass is 10.1. The van der Waals surface area contributed by atoms with Crippen LogP contribution in [0, 0.1) is 0 Å². The Morgan fingerprint density at radius 3 is 2.63 bits per heavy atom. The van der Waals surface area contributed by atoms with Gasteiger partial charge in [-0.05, 0) is 38.0 Å². The molecule has 0 bridgehead atoms. The molecule has 0 spiro atoms.